The summed E-state index contributed by atoms with van der Waals surface area (Å²) in [4.78, 5) is 13.7. The van der Waals surface area contributed by atoms with Crippen molar-refractivity contribution in [2.45, 2.75) is 13.1 Å². The van der Waals surface area contributed by atoms with Gasteiger partial charge in [-0.1, -0.05) is 18.2 Å². The van der Waals surface area contributed by atoms with Crippen LogP contribution in [0, 0.1) is 5.82 Å². The Labute approximate surface area is 121 Å². The normalized spacial score (nSPS) is 13.8. The number of nitrogens with two attached hydrogens (primary N) is 1. The van der Waals surface area contributed by atoms with E-state index in [0.717, 1.165) is 11.1 Å². The van der Waals surface area contributed by atoms with Crippen LogP contribution in [0.5, 0.6) is 5.75 Å². The zero-order valence-corrected chi connectivity index (χ0v) is 11.4. The molecular formula is C16H15FN2O2. The monoisotopic (exact) mass is 286 g/mol. The molecule has 5 heteroatoms. The molecule has 4 nitrogen and oxygen atoms in total. The fourth-order valence-corrected chi connectivity index (χ4v) is 2.37. The number of carbonyl (C=O) groups excluding carboxylic acids is 1. The second-order valence-electron chi connectivity index (χ2n) is 4.90. The smallest absolute Gasteiger partial charge is 0.265 e. The Balaban J connectivity index is 1.96. The highest BCUT2D eigenvalue weighted by Crippen LogP contribution is 2.34. The summed E-state index contributed by atoms with van der Waals surface area (Å²) in [6.07, 6.45) is 0. The zero-order chi connectivity index (χ0) is 14.8. The van der Waals surface area contributed by atoms with Gasteiger partial charge in [-0.15, -0.1) is 0 Å². The second kappa shape index (κ2) is 5.54. The van der Waals surface area contributed by atoms with Crippen LogP contribution in [0.1, 0.15) is 11.1 Å². The van der Waals surface area contributed by atoms with Crippen LogP contribution in [0.4, 0.5) is 10.1 Å². The lowest BCUT2D eigenvalue weighted by molar-refractivity contribution is -0.121. The van der Waals surface area contributed by atoms with E-state index in [9.17, 15) is 9.18 Å². The first kappa shape index (κ1) is 13.6. The van der Waals surface area contributed by atoms with E-state index in [2.05, 4.69) is 0 Å². The first-order chi connectivity index (χ1) is 10.2. The maximum absolute atomic E-state index is 13.3. The Morgan fingerprint density at radius 1 is 1.19 bits per heavy atom. The number of benzene rings is 2. The van der Waals surface area contributed by atoms with Gasteiger partial charge in [0.15, 0.2) is 6.61 Å². The summed E-state index contributed by atoms with van der Waals surface area (Å²) >= 11 is 0. The molecule has 0 bridgehead atoms. The standard InChI is InChI=1S/C16H15FN2O2/c17-13-3-1-2-12(6-13)9-19-14-7-11(8-18)4-5-15(14)21-10-16(19)20/h1-7H,8-10,18H2. The largest absolute Gasteiger partial charge is 0.482 e. The molecule has 3 rings (SSSR count). The van der Waals surface area contributed by atoms with Crippen molar-refractivity contribution >= 4 is 11.6 Å². The third kappa shape index (κ3) is 2.73. The predicted molar refractivity (Wildman–Crippen MR) is 77.4 cm³/mol. The molecule has 21 heavy (non-hydrogen) atoms. The summed E-state index contributed by atoms with van der Waals surface area (Å²) < 4.78 is 18.7. The van der Waals surface area contributed by atoms with Gasteiger partial charge < -0.3 is 15.4 Å². The van der Waals surface area contributed by atoms with Gasteiger partial charge >= 0.3 is 0 Å². The Hall–Kier alpha value is -2.40. The molecule has 2 aromatic rings. The van der Waals surface area contributed by atoms with Crippen molar-refractivity contribution in [2.75, 3.05) is 11.5 Å². The van der Waals surface area contributed by atoms with Crippen LogP contribution in [0.25, 0.3) is 0 Å². The molecule has 2 aromatic carbocycles. The highest BCUT2D eigenvalue weighted by molar-refractivity contribution is 5.97. The molecule has 0 saturated carbocycles. The Morgan fingerprint density at radius 3 is 2.81 bits per heavy atom. The van der Waals surface area contributed by atoms with Crippen LogP contribution in [-0.2, 0) is 17.9 Å². The van der Waals surface area contributed by atoms with E-state index < -0.39 is 0 Å². The van der Waals surface area contributed by atoms with Crippen LogP contribution in [0.3, 0.4) is 0 Å². The molecule has 1 heterocycles. The molecule has 1 aliphatic heterocycles. The van der Waals surface area contributed by atoms with Crippen molar-refractivity contribution < 1.29 is 13.9 Å². The minimum atomic E-state index is -0.316. The van der Waals surface area contributed by atoms with E-state index in [1.54, 1.807) is 17.0 Å². The molecule has 1 aliphatic rings. The van der Waals surface area contributed by atoms with Gasteiger partial charge in [-0.3, -0.25) is 4.79 Å². The van der Waals surface area contributed by atoms with Gasteiger partial charge in [0.25, 0.3) is 5.91 Å². The van der Waals surface area contributed by atoms with E-state index in [-0.39, 0.29) is 18.3 Å². The number of rotatable bonds is 3. The third-order valence-electron chi connectivity index (χ3n) is 3.43. The number of fused-ring (bicyclic) bond motifs is 1. The highest BCUT2D eigenvalue weighted by atomic mass is 19.1. The number of hydrogen-bond donors (Lipinski definition) is 1. The lowest BCUT2D eigenvalue weighted by Crippen LogP contribution is -2.38. The van der Waals surface area contributed by atoms with Crippen LogP contribution in [0.2, 0.25) is 0 Å². The van der Waals surface area contributed by atoms with Gasteiger partial charge in [-0.25, -0.2) is 4.39 Å². The third-order valence-corrected chi connectivity index (χ3v) is 3.43. The first-order valence-corrected chi connectivity index (χ1v) is 6.68. The number of anilines is 1. The van der Waals surface area contributed by atoms with Crippen molar-refractivity contribution in [3.05, 3.63) is 59.4 Å². The molecule has 0 aromatic heterocycles. The van der Waals surface area contributed by atoms with E-state index >= 15 is 0 Å². The van der Waals surface area contributed by atoms with Crippen molar-refractivity contribution in [3.8, 4) is 5.75 Å². The van der Waals surface area contributed by atoms with Crippen LogP contribution < -0.4 is 15.4 Å². The van der Waals surface area contributed by atoms with Crippen molar-refractivity contribution in [1.29, 1.82) is 0 Å². The topological polar surface area (TPSA) is 55.6 Å². The summed E-state index contributed by atoms with van der Waals surface area (Å²) in [6, 6.07) is 11.7. The minimum Gasteiger partial charge on any atom is -0.482 e. The molecule has 0 atom stereocenters. The minimum absolute atomic E-state index is 0.00964. The number of amides is 1. The quantitative estimate of drug-likeness (QED) is 0.941. The molecule has 0 saturated heterocycles. The van der Waals surface area contributed by atoms with Crippen molar-refractivity contribution in [1.82, 2.24) is 0 Å². The summed E-state index contributed by atoms with van der Waals surface area (Å²) in [5, 5.41) is 0. The number of ether oxygens (including phenoxy) is 1. The first-order valence-electron chi connectivity index (χ1n) is 6.68. The average Bonchev–Trinajstić information content (AvgIpc) is 2.50. The summed E-state index contributed by atoms with van der Waals surface area (Å²) in [6.45, 7) is 0.681. The number of halogens is 1. The highest BCUT2D eigenvalue weighted by Gasteiger charge is 2.25. The fourth-order valence-electron chi connectivity index (χ4n) is 2.37. The molecule has 0 unspecified atom stereocenters. The zero-order valence-electron chi connectivity index (χ0n) is 11.4. The van der Waals surface area contributed by atoms with Gasteiger partial charge in [0, 0.05) is 6.54 Å². The van der Waals surface area contributed by atoms with E-state index in [4.69, 9.17) is 10.5 Å². The van der Waals surface area contributed by atoms with Crippen LogP contribution in [0.15, 0.2) is 42.5 Å². The van der Waals surface area contributed by atoms with Crippen LogP contribution in [-0.4, -0.2) is 12.5 Å². The number of nitrogens with zero attached hydrogens (tertiary/aromatic N) is 1. The second-order valence-corrected chi connectivity index (χ2v) is 4.90. The lowest BCUT2D eigenvalue weighted by atomic mass is 10.1. The lowest BCUT2D eigenvalue weighted by Gasteiger charge is -2.30. The van der Waals surface area contributed by atoms with Crippen molar-refractivity contribution in [2.24, 2.45) is 5.73 Å². The average molecular weight is 286 g/mol. The number of hydrogen-bond acceptors (Lipinski definition) is 3. The Morgan fingerprint density at radius 2 is 2.05 bits per heavy atom. The van der Waals surface area contributed by atoms with E-state index in [1.165, 1.54) is 12.1 Å². The van der Waals surface area contributed by atoms with Gasteiger partial charge in [-0.05, 0) is 35.4 Å². The molecule has 0 fully saturated rings. The summed E-state index contributed by atoms with van der Waals surface area (Å²) in [7, 11) is 0. The molecular weight excluding hydrogens is 271 g/mol. The van der Waals surface area contributed by atoms with Gasteiger partial charge in [0.05, 0.1) is 12.2 Å². The van der Waals surface area contributed by atoms with E-state index in [0.29, 0.717) is 24.5 Å². The summed E-state index contributed by atoms with van der Waals surface area (Å²) in [5.74, 6) is 0.174. The summed E-state index contributed by atoms with van der Waals surface area (Å²) in [5.41, 5.74) is 7.96. The van der Waals surface area contributed by atoms with E-state index in [1.807, 2.05) is 18.2 Å². The maximum Gasteiger partial charge on any atom is 0.265 e. The molecule has 108 valence electrons. The van der Waals surface area contributed by atoms with Gasteiger partial charge in [0.2, 0.25) is 0 Å². The fraction of sp³-hybridized carbons (Fsp3) is 0.188. The maximum atomic E-state index is 13.3. The Bertz CT molecular complexity index is 688. The molecule has 0 radical (unpaired) electrons. The number of carbonyl (C=O) groups is 1. The molecule has 0 spiro atoms. The van der Waals surface area contributed by atoms with Crippen molar-refractivity contribution in [3.63, 3.8) is 0 Å². The molecule has 2 N–H and O–H groups in total. The SMILES string of the molecule is NCc1ccc2c(c1)N(Cc1cccc(F)c1)C(=O)CO2. The van der Waals surface area contributed by atoms with Crippen LogP contribution >= 0.6 is 0 Å². The van der Waals surface area contributed by atoms with Gasteiger partial charge in [-0.2, -0.15) is 0 Å². The molecule has 0 aliphatic carbocycles. The predicted octanol–water partition coefficient (Wildman–Crippen LogP) is 2.21. The Kier molecular flexibility index (Phi) is 3.58. The molecule has 1 amide bonds. The van der Waals surface area contributed by atoms with Gasteiger partial charge in [0.1, 0.15) is 11.6 Å².